The number of methoxy groups -OCH3 is 2. The Balaban J connectivity index is 1.30. The molecule has 1 N–H and O–H groups in total. The molecule has 1 saturated heterocycles. The Morgan fingerprint density at radius 1 is 0.789 bits per heavy atom. The van der Waals surface area contributed by atoms with Crippen LogP contribution in [0, 0.1) is 5.92 Å². The van der Waals surface area contributed by atoms with E-state index in [0.717, 1.165) is 38.8 Å². The topological polar surface area (TPSA) is 41.9 Å². The Labute approximate surface area is 227 Å². The third kappa shape index (κ3) is 4.85. The molecule has 0 radical (unpaired) electrons. The molecule has 200 valence electrons. The third-order valence-electron chi connectivity index (χ3n) is 9.43. The van der Waals surface area contributed by atoms with Gasteiger partial charge in [0.2, 0.25) is 0 Å². The first-order chi connectivity index (χ1) is 18.7. The predicted molar refractivity (Wildman–Crippen MR) is 153 cm³/mol. The smallest absolute Gasteiger partial charge is 0.159 e. The predicted octanol–water partition coefficient (Wildman–Crippen LogP) is 6.97. The molecule has 0 bridgehead atoms. The molecule has 2 aliphatic carbocycles. The number of nitrogens with zero attached hydrogens (tertiary/aromatic N) is 1. The van der Waals surface area contributed by atoms with Gasteiger partial charge in [-0.1, -0.05) is 36.4 Å². The fourth-order valence-corrected chi connectivity index (χ4v) is 7.52. The average molecular weight is 512 g/mol. The number of hydrogen-bond acceptors (Lipinski definition) is 4. The number of rotatable bonds is 6. The van der Waals surface area contributed by atoms with Crippen molar-refractivity contribution in [2.45, 2.75) is 69.5 Å². The Morgan fingerprint density at radius 2 is 1.55 bits per heavy atom. The molecule has 0 saturated carbocycles. The monoisotopic (exact) mass is 511 g/mol. The van der Waals surface area contributed by atoms with Gasteiger partial charge in [-0.3, -0.25) is 0 Å². The Kier molecular flexibility index (Phi) is 7.45. The summed E-state index contributed by atoms with van der Waals surface area (Å²) >= 11 is 0. The molecule has 4 heteroatoms. The number of anilines is 1. The second-order valence-electron chi connectivity index (χ2n) is 11.5. The highest BCUT2D eigenvalue weighted by Crippen LogP contribution is 2.49. The Morgan fingerprint density at radius 3 is 2.32 bits per heavy atom. The van der Waals surface area contributed by atoms with Crippen molar-refractivity contribution >= 4 is 5.69 Å². The van der Waals surface area contributed by atoms with Gasteiger partial charge >= 0.3 is 0 Å². The molecule has 3 aromatic carbocycles. The van der Waals surface area contributed by atoms with E-state index in [-0.39, 0.29) is 6.29 Å². The molecule has 2 atom stereocenters. The molecular formula is C34H41NO3. The number of fused-ring (bicyclic) bond motifs is 2. The van der Waals surface area contributed by atoms with Crippen LogP contribution >= 0.6 is 0 Å². The van der Waals surface area contributed by atoms with Crippen LogP contribution in [0.15, 0.2) is 60.7 Å². The van der Waals surface area contributed by atoms with Crippen molar-refractivity contribution < 1.29 is 14.6 Å². The minimum absolute atomic E-state index is 0.106. The van der Waals surface area contributed by atoms with Crippen LogP contribution in [0.1, 0.15) is 77.3 Å². The summed E-state index contributed by atoms with van der Waals surface area (Å²) in [4.78, 5) is 2.50. The van der Waals surface area contributed by atoms with Gasteiger partial charge in [0.15, 0.2) is 6.29 Å². The molecule has 1 fully saturated rings. The Hall–Kier alpha value is -2.82. The number of aromatic hydroxyl groups is 1. The average Bonchev–Trinajstić information content (AvgIpc) is 2.97. The van der Waals surface area contributed by atoms with Crippen molar-refractivity contribution in [3.63, 3.8) is 0 Å². The second kappa shape index (κ2) is 11.1. The van der Waals surface area contributed by atoms with E-state index in [2.05, 4.69) is 53.4 Å². The van der Waals surface area contributed by atoms with Crippen LogP contribution < -0.4 is 4.90 Å². The summed E-state index contributed by atoms with van der Waals surface area (Å²) in [5.74, 6) is 1.59. The zero-order valence-corrected chi connectivity index (χ0v) is 22.9. The van der Waals surface area contributed by atoms with Gasteiger partial charge in [-0.15, -0.1) is 0 Å². The molecule has 38 heavy (non-hydrogen) atoms. The van der Waals surface area contributed by atoms with Crippen molar-refractivity contribution in [1.82, 2.24) is 0 Å². The summed E-state index contributed by atoms with van der Waals surface area (Å²) in [6.07, 6.45) is 9.22. The summed E-state index contributed by atoms with van der Waals surface area (Å²) in [5.41, 5.74) is 10.1. The van der Waals surface area contributed by atoms with Crippen molar-refractivity contribution in [2.75, 3.05) is 32.2 Å². The van der Waals surface area contributed by atoms with Crippen molar-refractivity contribution in [1.29, 1.82) is 0 Å². The van der Waals surface area contributed by atoms with E-state index in [1.54, 1.807) is 30.9 Å². The standard InChI is InChI=1S/C34H41NO3/c1-37-34(38-2)25-18-20-35(21-19-25)27-13-10-24(11-14-27)33-30-17-15-28(36)22-26(30)12-16-32(33)31-9-5-7-23-6-3-4-8-29(23)31/h5,7,9-11,13-15,17,22,25,32-34,36H,3-4,6,8,12,16,18-21H2,1-2H3. The lowest BCUT2D eigenvalue weighted by molar-refractivity contribution is -0.141. The number of piperidine rings is 1. The maximum Gasteiger partial charge on any atom is 0.159 e. The number of benzene rings is 3. The zero-order valence-electron chi connectivity index (χ0n) is 22.9. The van der Waals surface area contributed by atoms with Crippen molar-refractivity contribution in [3.05, 3.63) is 94.0 Å². The van der Waals surface area contributed by atoms with Crippen LogP contribution in [0.5, 0.6) is 5.75 Å². The lowest BCUT2D eigenvalue weighted by atomic mass is 9.67. The molecule has 3 aromatic rings. The van der Waals surface area contributed by atoms with Crippen molar-refractivity contribution in [2.24, 2.45) is 5.92 Å². The summed E-state index contributed by atoms with van der Waals surface area (Å²) < 4.78 is 11.0. The highest BCUT2D eigenvalue weighted by atomic mass is 16.7. The highest BCUT2D eigenvalue weighted by Gasteiger charge is 2.34. The number of phenols is 1. The molecule has 4 nitrogen and oxygen atoms in total. The van der Waals surface area contributed by atoms with Gasteiger partial charge in [0.25, 0.3) is 0 Å². The third-order valence-corrected chi connectivity index (χ3v) is 9.43. The van der Waals surface area contributed by atoms with Gasteiger partial charge in [0.1, 0.15) is 5.75 Å². The molecule has 0 amide bonds. The van der Waals surface area contributed by atoms with E-state index in [9.17, 15) is 5.11 Å². The molecule has 6 rings (SSSR count). The van der Waals surface area contributed by atoms with Crippen LogP contribution in [-0.2, 0) is 28.7 Å². The molecule has 1 aliphatic heterocycles. The fraction of sp³-hybridized carbons (Fsp3) is 0.471. The number of phenolic OH excluding ortho intramolecular Hbond substituents is 1. The van der Waals surface area contributed by atoms with Crippen LogP contribution in [-0.4, -0.2) is 38.7 Å². The molecular weight excluding hydrogens is 470 g/mol. The maximum atomic E-state index is 10.2. The SMILES string of the molecule is COC(OC)C1CCN(c2ccc(C3c4ccc(O)cc4CCC3c3cccc4c3CCCC4)cc2)CC1. The van der Waals surface area contributed by atoms with Crippen molar-refractivity contribution in [3.8, 4) is 5.75 Å². The van der Waals surface area contributed by atoms with E-state index in [1.807, 2.05) is 12.1 Å². The first-order valence-corrected chi connectivity index (χ1v) is 14.5. The second-order valence-corrected chi connectivity index (χ2v) is 11.5. The van der Waals surface area contributed by atoms with Crippen LogP contribution in [0.2, 0.25) is 0 Å². The molecule has 2 unspecified atom stereocenters. The number of aryl methyl sites for hydroxylation is 2. The van der Waals surface area contributed by atoms with E-state index in [1.165, 1.54) is 48.1 Å². The van der Waals surface area contributed by atoms with Crippen LogP contribution in [0.3, 0.4) is 0 Å². The normalized spacial score (nSPS) is 21.8. The van der Waals surface area contributed by atoms with Gasteiger partial charge in [-0.25, -0.2) is 0 Å². The lowest BCUT2D eigenvalue weighted by Gasteiger charge is -2.38. The summed E-state index contributed by atoms with van der Waals surface area (Å²) in [6.45, 7) is 2.05. The molecule has 0 aromatic heterocycles. The van der Waals surface area contributed by atoms with Gasteiger partial charge < -0.3 is 19.5 Å². The first kappa shape index (κ1) is 25.5. The Bertz CT molecular complexity index is 1240. The lowest BCUT2D eigenvalue weighted by Crippen LogP contribution is -2.39. The molecule has 3 aliphatic rings. The van der Waals surface area contributed by atoms with Gasteiger partial charge in [0.05, 0.1) is 0 Å². The summed E-state index contributed by atoms with van der Waals surface area (Å²) in [5, 5.41) is 10.2. The van der Waals surface area contributed by atoms with Crippen LogP contribution in [0.25, 0.3) is 0 Å². The largest absolute Gasteiger partial charge is 0.508 e. The van der Waals surface area contributed by atoms with E-state index < -0.39 is 0 Å². The van der Waals surface area contributed by atoms with E-state index in [0.29, 0.717) is 23.5 Å². The zero-order chi connectivity index (χ0) is 26.1. The molecule has 1 heterocycles. The minimum Gasteiger partial charge on any atom is -0.508 e. The van der Waals surface area contributed by atoms with E-state index in [4.69, 9.17) is 9.47 Å². The quantitative estimate of drug-likeness (QED) is 0.363. The first-order valence-electron chi connectivity index (χ1n) is 14.5. The number of ether oxygens (including phenoxy) is 2. The minimum atomic E-state index is -0.106. The van der Waals surface area contributed by atoms with Gasteiger partial charge in [-0.05, 0) is 115 Å². The van der Waals surface area contributed by atoms with E-state index >= 15 is 0 Å². The fourth-order valence-electron chi connectivity index (χ4n) is 7.52. The van der Waals surface area contributed by atoms with Gasteiger partial charge in [-0.2, -0.15) is 0 Å². The van der Waals surface area contributed by atoms with Crippen LogP contribution in [0.4, 0.5) is 5.69 Å². The summed E-state index contributed by atoms with van der Waals surface area (Å²) in [6, 6.07) is 22.5. The number of hydrogen-bond donors (Lipinski definition) is 1. The molecule has 0 spiro atoms. The highest BCUT2D eigenvalue weighted by molar-refractivity contribution is 5.53. The maximum absolute atomic E-state index is 10.2. The van der Waals surface area contributed by atoms with Gasteiger partial charge in [0, 0.05) is 44.8 Å². The summed E-state index contributed by atoms with van der Waals surface area (Å²) in [7, 11) is 3.48.